The SMILES string of the molecule is CC[C@@H](CO)N1C(=O)[C@H]2[C@@H]3C(=O)N[C@H](c4ccccc4)COC(=O)CC/C=C\CN(c4cc(C)ccc4C)C(=O)[C@H]1[C@@]21C=C(Br)[C@@H]3O1. The Morgan fingerprint density at radius 3 is 2.55 bits per heavy atom. The van der Waals surface area contributed by atoms with Gasteiger partial charge in [0.15, 0.2) is 0 Å². The molecule has 5 bridgehead atoms. The highest BCUT2D eigenvalue weighted by Gasteiger charge is 2.75. The number of ether oxygens (including phenoxy) is 2. The Labute approximate surface area is 282 Å². The number of nitrogens with one attached hydrogen (secondary N) is 1. The third-order valence-electron chi connectivity index (χ3n) is 9.80. The van der Waals surface area contributed by atoms with Crippen LogP contribution in [0.2, 0.25) is 0 Å². The first-order valence-electron chi connectivity index (χ1n) is 16.1. The van der Waals surface area contributed by atoms with Gasteiger partial charge in [-0.15, -0.1) is 0 Å². The Bertz CT molecular complexity index is 1620. The predicted molar refractivity (Wildman–Crippen MR) is 178 cm³/mol. The zero-order chi connectivity index (χ0) is 33.5. The van der Waals surface area contributed by atoms with Crippen molar-refractivity contribution >= 4 is 45.3 Å². The molecule has 0 aliphatic carbocycles. The first kappa shape index (κ1) is 33.1. The van der Waals surface area contributed by atoms with Crippen LogP contribution in [0, 0.1) is 25.7 Å². The molecular weight excluding hydrogens is 666 g/mol. The summed E-state index contributed by atoms with van der Waals surface area (Å²) in [5, 5.41) is 13.5. The van der Waals surface area contributed by atoms with Crippen molar-refractivity contribution in [2.75, 3.05) is 24.7 Å². The minimum Gasteiger partial charge on any atom is -0.463 e. The Kier molecular flexibility index (Phi) is 9.42. The molecule has 4 heterocycles. The highest BCUT2D eigenvalue weighted by atomic mass is 79.9. The van der Waals surface area contributed by atoms with Gasteiger partial charge in [0.25, 0.3) is 5.91 Å². The lowest BCUT2D eigenvalue weighted by molar-refractivity contribution is -0.146. The molecule has 0 unspecified atom stereocenters. The number of amides is 3. The fraction of sp³-hybridized carbons (Fsp3) is 0.444. The molecule has 2 N–H and O–H groups in total. The van der Waals surface area contributed by atoms with Gasteiger partial charge < -0.3 is 29.7 Å². The number of hydrogen-bond donors (Lipinski definition) is 2. The average Bonchev–Trinajstić information content (AvgIpc) is 3.66. The molecule has 3 amide bonds. The first-order valence-corrected chi connectivity index (χ1v) is 16.9. The second-order valence-corrected chi connectivity index (χ2v) is 13.6. The number of aliphatic hydroxyl groups excluding tert-OH is 1. The molecule has 248 valence electrons. The van der Waals surface area contributed by atoms with Gasteiger partial charge in [-0.05, 0) is 55.5 Å². The summed E-state index contributed by atoms with van der Waals surface area (Å²) in [4.78, 5) is 59.8. The van der Waals surface area contributed by atoms with Crippen LogP contribution in [0.15, 0.2) is 71.2 Å². The molecule has 6 rings (SSSR count). The summed E-state index contributed by atoms with van der Waals surface area (Å²) in [6.07, 6.45) is 5.56. The summed E-state index contributed by atoms with van der Waals surface area (Å²) >= 11 is 3.61. The molecular formula is C36H40BrN3O7. The number of aryl methyl sites for hydroxylation is 2. The van der Waals surface area contributed by atoms with Crippen LogP contribution >= 0.6 is 15.9 Å². The number of carbonyl (C=O) groups is 4. The van der Waals surface area contributed by atoms with Gasteiger partial charge in [-0.1, -0.05) is 77.5 Å². The van der Waals surface area contributed by atoms with Crippen molar-refractivity contribution in [3.63, 3.8) is 0 Å². The number of halogens is 1. The molecule has 2 aromatic rings. The van der Waals surface area contributed by atoms with E-state index in [9.17, 15) is 19.5 Å². The van der Waals surface area contributed by atoms with Crippen molar-refractivity contribution < 1.29 is 33.8 Å². The number of hydrogen-bond acceptors (Lipinski definition) is 7. The molecule has 10 nitrogen and oxygen atoms in total. The molecule has 2 fully saturated rings. The van der Waals surface area contributed by atoms with Crippen molar-refractivity contribution in [3.8, 4) is 0 Å². The zero-order valence-electron chi connectivity index (χ0n) is 26.7. The van der Waals surface area contributed by atoms with E-state index in [1.54, 1.807) is 11.0 Å². The Morgan fingerprint density at radius 1 is 1.06 bits per heavy atom. The third kappa shape index (κ3) is 5.83. The number of benzene rings is 2. The van der Waals surface area contributed by atoms with E-state index in [1.165, 1.54) is 4.90 Å². The second-order valence-electron chi connectivity index (χ2n) is 12.7. The minimum atomic E-state index is -1.45. The molecule has 2 saturated heterocycles. The third-order valence-corrected chi connectivity index (χ3v) is 10.5. The van der Waals surface area contributed by atoms with Gasteiger partial charge in [0.1, 0.15) is 24.4 Å². The highest BCUT2D eigenvalue weighted by molar-refractivity contribution is 9.11. The van der Waals surface area contributed by atoms with Crippen LogP contribution in [0.1, 0.15) is 48.9 Å². The highest BCUT2D eigenvalue weighted by Crippen LogP contribution is 2.59. The molecule has 0 aromatic heterocycles. The maximum absolute atomic E-state index is 15.1. The number of cyclic esters (lactones) is 1. The molecule has 2 aromatic carbocycles. The van der Waals surface area contributed by atoms with Crippen LogP contribution in [0.25, 0.3) is 0 Å². The van der Waals surface area contributed by atoms with Crippen LogP contribution in [0.4, 0.5) is 5.69 Å². The molecule has 0 radical (unpaired) electrons. The maximum atomic E-state index is 15.1. The predicted octanol–water partition coefficient (Wildman–Crippen LogP) is 4.03. The Hall–Kier alpha value is -3.80. The zero-order valence-corrected chi connectivity index (χ0v) is 28.3. The topological polar surface area (TPSA) is 125 Å². The summed E-state index contributed by atoms with van der Waals surface area (Å²) in [5.74, 6) is -3.66. The lowest BCUT2D eigenvalue weighted by atomic mass is 9.74. The van der Waals surface area contributed by atoms with Crippen molar-refractivity contribution in [2.45, 2.75) is 69.9 Å². The summed E-state index contributed by atoms with van der Waals surface area (Å²) < 4.78 is 12.9. The fourth-order valence-electron chi connectivity index (χ4n) is 7.43. The number of esters is 1. The lowest BCUT2D eigenvalue weighted by Gasteiger charge is -2.38. The number of fused-ring (bicyclic) bond motifs is 2. The van der Waals surface area contributed by atoms with E-state index >= 15 is 4.79 Å². The molecule has 0 saturated carbocycles. The summed E-state index contributed by atoms with van der Waals surface area (Å²) in [6.45, 7) is 5.44. The number of allylic oxidation sites excluding steroid dienone is 1. The summed E-state index contributed by atoms with van der Waals surface area (Å²) in [7, 11) is 0. The van der Waals surface area contributed by atoms with E-state index in [4.69, 9.17) is 9.47 Å². The largest absolute Gasteiger partial charge is 0.463 e. The monoisotopic (exact) mass is 705 g/mol. The fourth-order valence-corrected chi connectivity index (χ4v) is 8.16. The van der Waals surface area contributed by atoms with Crippen LogP contribution in [-0.2, 0) is 28.7 Å². The van der Waals surface area contributed by atoms with E-state index in [0.29, 0.717) is 23.0 Å². The van der Waals surface area contributed by atoms with Crippen molar-refractivity contribution in [1.82, 2.24) is 10.2 Å². The molecule has 4 aliphatic heterocycles. The normalized spacial score (nSPS) is 30.9. The van der Waals surface area contributed by atoms with Gasteiger partial charge >= 0.3 is 5.97 Å². The van der Waals surface area contributed by atoms with E-state index in [1.807, 2.05) is 81.5 Å². The first-order chi connectivity index (χ1) is 22.6. The van der Waals surface area contributed by atoms with Crippen LogP contribution in [-0.4, -0.2) is 77.2 Å². The van der Waals surface area contributed by atoms with E-state index < -0.39 is 59.5 Å². The van der Waals surface area contributed by atoms with Crippen LogP contribution in [0.5, 0.6) is 0 Å². The second kappa shape index (κ2) is 13.4. The summed E-state index contributed by atoms with van der Waals surface area (Å²) in [6, 6.07) is 12.5. The van der Waals surface area contributed by atoms with Gasteiger partial charge in [-0.25, -0.2) is 0 Å². The van der Waals surface area contributed by atoms with Gasteiger partial charge in [-0.3, -0.25) is 19.2 Å². The smallest absolute Gasteiger partial charge is 0.306 e. The Morgan fingerprint density at radius 2 is 1.83 bits per heavy atom. The number of nitrogens with zero attached hydrogens (tertiary/aromatic N) is 2. The van der Waals surface area contributed by atoms with Crippen molar-refractivity contribution in [1.29, 1.82) is 0 Å². The number of carbonyl (C=O) groups excluding carboxylic acids is 4. The van der Waals surface area contributed by atoms with Crippen LogP contribution < -0.4 is 10.2 Å². The van der Waals surface area contributed by atoms with Crippen molar-refractivity contribution in [2.24, 2.45) is 11.8 Å². The minimum absolute atomic E-state index is 0.0899. The van der Waals surface area contributed by atoms with Crippen molar-refractivity contribution in [3.05, 3.63) is 87.9 Å². The standard InChI is InChI=1S/C36H40BrN3O7/c1-4-24(19-41)40-32-35(45)39(27-17-21(2)14-15-22(27)3)16-10-6-9-13-28(42)46-20-26(23-11-7-5-8-12-23)38-33(43)29-30(34(40)44)36(32)18-25(37)31(29)47-36/h5-8,10-12,14-15,17-18,24,26,29-32,41H,4,9,13,16,19-20H2,1-3H3,(H,38,43)/b10-6-/t24-,26-,29-,30+,31-,32-,36+/m0/s1. The van der Waals surface area contributed by atoms with E-state index in [-0.39, 0.29) is 32.1 Å². The van der Waals surface area contributed by atoms with Crippen LogP contribution in [0.3, 0.4) is 0 Å². The molecule has 11 heteroatoms. The van der Waals surface area contributed by atoms with Gasteiger partial charge in [0.05, 0.1) is 30.5 Å². The van der Waals surface area contributed by atoms with Gasteiger partial charge in [-0.2, -0.15) is 0 Å². The molecule has 4 aliphatic rings. The number of likely N-dealkylation sites (tertiary alicyclic amines) is 1. The molecule has 1 spiro atoms. The molecule has 7 atom stereocenters. The maximum Gasteiger partial charge on any atom is 0.306 e. The number of anilines is 1. The van der Waals surface area contributed by atoms with E-state index in [0.717, 1.165) is 16.7 Å². The summed E-state index contributed by atoms with van der Waals surface area (Å²) in [5.41, 5.74) is 1.78. The lowest BCUT2D eigenvalue weighted by Crippen LogP contribution is -2.58. The quantitative estimate of drug-likeness (QED) is 0.356. The van der Waals surface area contributed by atoms with Gasteiger partial charge in [0.2, 0.25) is 11.8 Å². The van der Waals surface area contributed by atoms with E-state index in [2.05, 4.69) is 21.2 Å². The van der Waals surface area contributed by atoms with Gasteiger partial charge in [0, 0.05) is 23.1 Å². The Balaban J connectivity index is 1.49. The average molecular weight is 707 g/mol. The number of aliphatic hydroxyl groups is 1. The molecule has 47 heavy (non-hydrogen) atoms. The number of rotatable bonds is 5.